The van der Waals surface area contributed by atoms with Gasteiger partial charge < -0.3 is 10.1 Å². The second-order valence-corrected chi connectivity index (χ2v) is 5.25. The van der Waals surface area contributed by atoms with Crippen molar-refractivity contribution in [2.75, 3.05) is 6.54 Å². The monoisotopic (exact) mass is 301 g/mol. The number of amides is 1. The van der Waals surface area contributed by atoms with Crippen molar-refractivity contribution in [3.05, 3.63) is 65.5 Å². The Morgan fingerprint density at radius 3 is 2.73 bits per heavy atom. The van der Waals surface area contributed by atoms with Crippen LogP contribution in [0.25, 0.3) is 0 Å². The van der Waals surface area contributed by atoms with Crippen LogP contribution in [0.1, 0.15) is 18.1 Å². The molecule has 22 heavy (non-hydrogen) atoms. The predicted octanol–water partition coefficient (Wildman–Crippen LogP) is 3.26. The molecule has 0 fully saturated rings. The van der Waals surface area contributed by atoms with Gasteiger partial charge in [0, 0.05) is 6.54 Å². The Labute approximate surface area is 130 Å². The Kier molecular flexibility index (Phi) is 5.53. The van der Waals surface area contributed by atoms with Gasteiger partial charge in [0.15, 0.2) is 6.10 Å². The number of ether oxygens (including phenoxy) is 1. The highest BCUT2D eigenvalue weighted by Gasteiger charge is 2.14. The van der Waals surface area contributed by atoms with E-state index in [0.717, 1.165) is 11.1 Å². The number of benzene rings is 2. The topological polar surface area (TPSA) is 38.3 Å². The van der Waals surface area contributed by atoms with Gasteiger partial charge in [-0.3, -0.25) is 4.79 Å². The van der Waals surface area contributed by atoms with Crippen LogP contribution in [-0.4, -0.2) is 18.6 Å². The van der Waals surface area contributed by atoms with Crippen LogP contribution in [0.4, 0.5) is 4.39 Å². The maximum absolute atomic E-state index is 13.0. The average Bonchev–Trinajstić information content (AvgIpc) is 2.47. The maximum atomic E-state index is 13.0. The highest BCUT2D eigenvalue weighted by Crippen LogP contribution is 2.14. The molecule has 0 aliphatic heterocycles. The van der Waals surface area contributed by atoms with E-state index in [4.69, 9.17) is 4.74 Å². The minimum atomic E-state index is -0.575. The molecule has 0 aliphatic carbocycles. The van der Waals surface area contributed by atoms with E-state index in [1.165, 1.54) is 12.1 Å². The van der Waals surface area contributed by atoms with Crippen molar-refractivity contribution >= 4 is 5.91 Å². The van der Waals surface area contributed by atoms with E-state index in [9.17, 15) is 9.18 Å². The van der Waals surface area contributed by atoms with Gasteiger partial charge in [-0.15, -0.1) is 0 Å². The Hall–Kier alpha value is -2.36. The molecule has 0 bridgehead atoms. The van der Waals surface area contributed by atoms with Crippen LogP contribution in [0.5, 0.6) is 5.75 Å². The van der Waals surface area contributed by atoms with Gasteiger partial charge >= 0.3 is 0 Å². The smallest absolute Gasteiger partial charge is 0.260 e. The number of halogens is 1. The van der Waals surface area contributed by atoms with Crippen molar-refractivity contribution in [2.24, 2.45) is 0 Å². The summed E-state index contributed by atoms with van der Waals surface area (Å²) in [4.78, 5) is 12.0. The van der Waals surface area contributed by atoms with E-state index in [1.807, 2.05) is 37.3 Å². The second-order valence-electron chi connectivity index (χ2n) is 5.25. The van der Waals surface area contributed by atoms with Gasteiger partial charge in [-0.05, 0) is 55.7 Å². The molecule has 0 spiro atoms. The van der Waals surface area contributed by atoms with Gasteiger partial charge in [0.2, 0.25) is 0 Å². The average molecular weight is 301 g/mol. The summed E-state index contributed by atoms with van der Waals surface area (Å²) in [6, 6.07) is 13.9. The number of nitrogens with one attached hydrogen (secondary N) is 1. The van der Waals surface area contributed by atoms with Crippen molar-refractivity contribution < 1.29 is 13.9 Å². The molecule has 0 saturated heterocycles. The van der Waals surface area contributed by atoms with E-state index in [1.54, 1.807) is 13.0 Å². The SMILES string of the molecule is Cc1cccc(OC(C)C(=O)NCCc2cccc(F)c2)c1. The second kappa shape index (κ2) is 7.59. The minimum Gasteiger partial charge on any atom is -0.481 e. The number of hydrogen-bond donors (Lipinski definition) is 1. The summed E-state index contributed by atoms with van der Waals surface area (Å²) in [6.07, 6.45) is 0.00928. The number of carbonyl (C=O) groups is 1. The molecule has 2 rings (SSSR count). The van der Waals surface area contributed by atoms with Crippen LogP contribution in [0.3, 0.4) is 0 Å². The highest BCUT2D eigenvalue weighted by atomic mass is 19.1. The molecule has 1 atom stereocenters. The lowest BCUT2D eigenvalue weighted by Crippen LogP contribution is -2.37. The zero-order valence-electron chi connectivity index (χ0n) is 12.8. The number of hydrogen-bond acceptors (Lipinski definition) is 2. The molecule has 1 unspecified atom stereocenters. The van der Waals surface area contributed by atoms with Gasteiger partial charge in [-0.25, -0.2) is 4.39 Å². The molecule has 4 heteroatoms. The van der Waals surface area contributed by atoms with E-state index in [-0.39, 0.29) is 11.7 Å². The predicted molar refractivity (Wildman–Crippen MR) is 84.4 cm³/mol. The number of aryl methyl sites for hydroxylation is 1. The summed E-state index contributed by atoms with van der Waals surface area (Å²) in [6.45, 7) is 4.13. The van der Waals surface area contributed by atoms with E-state index in [2.05, 4.69) is 5.32 Å². The summed E-state index contributed by atoms with van der Waals surface area (Å²) < 4.78 is 18.7. The van der Waals surface area contributed by atoms with Gasteiger partial charge in [-0.1, -0.05) is 24.3 Å². The zero-order valence-corrected chi connectivity index (χ0v) is 12.8. The molecule has 0 heterocycles. The number of carbonyl (C=O) groups excluding carboxylic acids is 1. The van der Waals surface area contributed by atoms with Crippen LogP contribution >= 0.6 is 0 Å². The highest BCUT2D eigenvalue weighted by molar-refractivity contribution is 5.80. The minimum absolute atomic E-state index is 0.182. The lowest BCUT2D eigenvalue weighted by molar-refractivity contribution is -0.127. The van der Waals surface area contributed by atoms with Crippen molar-refractivity contribution in [1.29, 1.82) is 0 Å². The Morgan fingerprint density at radius 2 is 2.00 bits per heavy atom. The molecule has 1 amide bonds. The van der Waals surface area contributed by atoms with Crippen LogP contribution in [0.2, 0.25) is 0 Å². The molecule has 0 saturated carbocycles. The van der Waals surface area contributed by atoms with Gasteiger partial charge in [0.1, 0.15) is 11.6 Å². The van der Waals surface area contributed by atoms with Gasteiger partial charge in [0.25, 0.3) is 5.91 Å². The molecule has 116 valence electrons. The summed E-state index contributed by atoms with van der Waals surface area (Å²) in [5.41, 5.74) is 1.93. The number of rotatable bonds is 6. The first-order valence-corrected chi connectivity index (χ1v) is 7.30. The fraction of sp³-hybridized carbons (Fsp3) is 0.278. The lowest BCUT2D eigenvalue weighted by atomic mass is 10.1. The molecule has 3 nitrogen and oxygen atoms in total. The molecule has 2 aromatic rings. The molecule has 0 aromatic heterocycles. The van der Waals surface area contributed by atoms with Crippen LogP contribution in [0.15, 0.2) is 48.5 Å². The van der Waals surface area contributed by atoms with E-state index < -0.39 is 6.10 Å². The fourth-order valence-corrected chi connectivity index (χ4v) is 2.11. The molecule has 1 N–H and O–H groups in total. The van der Waals surface area contributed by atoms with Crippen molar-refractivity contribution in [3.8, 4) is 5.75 Å². The Balaban J connectivity index is 1.79. The van der Waals surface area contributed by atoms with Gasteiger partial charge in [-0.2, -0.15) is 0 Å². The first-order valence-electron chi connectivity index (χ1n) is 7.30. The quantitative estimate of drug-likeness (QED) is 0.889. The first kappa shape index (κ1) is 16.0. The normalized spacial score (nSPS) is 11.8. The largest absolute Gasteiger partial charge is 0.481 e. The molecule has 2 aromatic carbocycles. The summed E-state index contributed by atoms with van der Waals surface area (Å²) in [5.74, 6) is 0.227. The van der Waals surface area contributed by atoms with E-state index in [0.29, 0.717) is 18.7 Å². The van der Waals surface area contributed by atoms with Crippen molar-refractivity contribution in [2.45, 2.75) is 26.4 Å². The fourth-order valence-electron chi connectivity index (χ4n) is 2.11. The Morgan fingerprint density at radius 1 is 1.23 bits per heavy atom. The third kappa shape index (κ3) is 4.88. The van der Waals surface area contributed by atoms with Crippen LogP contribution in [-0.2, 0) is 11.2 Å². The lowest BCUT2D eigenvalue weighted by Gasteiger charge is -2.15. The molecular weight excluding hydrogens is 281 g/mol. The molecule has 0 aliphatic rings. The van der Waals surface area contributed by atoms with Crippen molar-refractivity contribution in [3.63, 3.8) is 0 Å². The summed E-state index contributed by atoms with van der Waals surface area (Å²) in [5, 5.41) is 2.80. The maximum Gasteiger partial charge on any atom is 0.260 e. The molecule has 0 radical (unpaired) electrons. The third-order valence-corrected chi connectivity index (χ3v) is 3.27. The van der Waals surface area contributed by atoms with Gasteiger partial charge in [0.05, 0.1) is 0 Å². The first-order chi connectivity index (χ1) is 10.5. The zero-order chi connectivity index (χ0) is 15.9. The van der Waals surface area contributed by atoms with Crippen molar-refractivity contribution in [1.82, 2.24) is 5.32 Å². The standard InChI is InChI=1S/C18H20FNO2/c1-13-5-3-8-17(11-13)22-14(2)18(21)20-10-9-15-6-4-7-16(19)12-15/h3-8,11-12,14H,9-10H2,1-2H3,(H,20,21). The summed E-state index contributed by atoms with van der Waals surface area (Å²) >= 11 is 0. The van der Waals surface area contributed by atoms with Crippen LogP contribution < -0.4 is 10.1 Å². The van der Waals surface area contributed by atoms with E-state index >= 15 is 0 Å². The molecular formula is C18H20FNO2. The van der Waals surface area contributed by atoms with Crippen LogP contribution in [0, 0.1) is 12.7 Å². The Bertz CT molecular complexity index is 642. The third-order valence-electron chi connectivity index (χ3n) is 3.27. The summed E-state index contributed by atoms with van der Waals surface area (Å²) in [7, 11) is 0.